The lowest BCUT2D eigenvalue weighted by Crippen LogP contribution is -2.34. The fraction of sp³-hybridized carbons (Fsp3) is 0.400. The number of halogens is 1. The maximum Gasteiger partial charge on any atom is 0.116 e. The Morgan fingerprint density at radius 3 is 2.46 bits per heavy atom. The van der Waals surface area contributed by atoms with Crippen LogP contribution >= 0.6 is 15.9 Å². The summed E-state index contributed by atoms with van der Waals surface area (Å²) in [6, 6.07) is 5.36. The van der Waals surface area contributed by atoms with E-state index in [4.69, 9.17) is 5.73 Å². The van der Waals surface area contributed by atoms with E-state index in [1.807, 2.05) is 19.9 Å². The highest BCUT2D eigenvalue weighted by Crippen LogP contribution is 2.22. The summed E-state index contributed by atoms with van der Waals surface area (Å²) in [6.45, 7) is 3.93. The Morgan fingerprint density at radius 1 is 1.38 bits per heavy atom. The van der Waals surface area contributed by atoms with Gasteiger partial charge in [0.05, 0.1) is 0 Å². The van der Waals surface area contributed by atoms with E-state index in [0.29, 0.717) is 0 Å². The first-order chi connectivity index (χ1) is 5.87. The third-order valence-electron chi connectivity index (χ3n) is 1.60. The molecule has 1 aromatic carbocycles. The summed E-state index contributed by atoms with van der Waals surface area (Å²) in [7, 11) is 0. The number of rotatable bonds is 2. The van der Waals surface area contributed by atoms with Gasteiger partial charge in [0.15, 0.2) is 0 Å². The van der Waals surface area contributed by atoms with Crippen LogP contribution in [0.3, 0.4) is 0 Å². The van der Waals surface area contributed by atoms with Crippen molar-refractivity contribution in [2.24, 2.45) is 5.73 Å². The number of aromatic hydroxyl groups is 1. The maximum absolute atomic E-state index is 9.32. The van der Waals surface area contributed by atoms with Gasteiger partial charge in [-0.15, -0.1) is 0 Å². The van der Waals surface area contributed by atoms with Gasteiger partial charge in [-0.05, 0) is 44.0 Å². The predicted molar refractivity (Wildman–Crippen MR) is 57.8 cm³/mol. The molecule has 0 amide bonds. The molecule has 0 bridgehead atoms. The fourth-order valence-electron chi connectivity index (χ4n) is 1.26. The summed E-state index contributed by atoms with van der Waals surface area (Å²) >= 11 is 3.32. The fourth-order valence-corrected chi connectivity index (χ4v) is 1.79. The Labute approximate surface area is 86.9 Å². The van der Waals surface area contributed by atoms with Crippen LogP contribution < -0.4 is 5.73 Å². The topological polar surface area (TPSA) is 46.2 Å². The van der Waals surface area contributed by atoms with E-state index in [1.54, 1.807) is 12.1 Å². The van der Waals surface area contributed by atoms with Crippen LogP contribution in [-0.4, -0.2) is 10.6 Å². The maximum atomic E-state index is 9.32. The second-order valence-corrected chi connectivity index (χ2v) is 4.90. The van der Waals surface area contributed by atoms with E-state index in [9.17, 15) is 5.11 Å². The van der Waals surface area contributed by atoms with Gasteiger partial charge in [-0.3, -0.25) is 0 Å². The summed E-state index contributed by atoms with van der Waals surface area (Å²) in [4.78, 5) is 0. The minimum Gasteiger partial charge on any atom is -0.508 e. The molecule has 2 nitrogen and oxygen atoms in total. The van der Waals surface area contributed by atoms with Crippen LogP contribution in [0.15, 0.2) is 22.7 Å². The molecule has 0 saturated heterocycles. The first-order valence-electron chi connectivity index (χ1n) is 4.14. The average Bonchev–Trinajstić information content (AvgIpc) is 1.78. The highest BCUT2D eigenvalue weighted by Gasteiger charge is 2.12. The molecule has 3 heteroatoms. The van der Waals surface area contributed by atoms with Gasteiger partial charge in [-0.1, -0.05) is 15.9 Å². The third-order valence-corrected chi connectivity index (χ3v) is 2.06. The average molecular weight is 244 g/mol. The summed E-state index contributed by atoms with van der Waals surface area (Å²) in [5, 5.41) is 9.32. The number of hydrogen-bond acceptors (Lipinski definition) is 2. The number of nitrogens with two attached hydrogens (primary N) is 1. The van der Waals surface area contributed by atoms with Crippen LogP contribution in [0.5, 0.6) is 5.75 Å². The molecule has 0 heterocycles. The standard InChI is InChI=1S/C10H14BrNO/c1-10(2,12)6-7-3-8(11)5-9(13)4-7/h3-5,13H,6,12H2,1-2H3. The van der Waals surface area contributed by atoms with Gasteiger partial charge in [0.1, 0.15) is 5.75 Å². The lowest BCUT2D eigenvalue weighted by molar-refractivity contribution is 0.471. The van der Waals surface area contributed by atoms with Crippen molar-refractivity contribution >= 4 is 15.9 Å². The molecule has 0 spiro atoms. The molecule has 1 aromatic rings. The van der Waals surface area contributed by atoms with Gasteiger partial charge in [0.2, 0.25) is 0 Å². The Bertz CT molecular complexity index is 284. The smallest absolute Gasteiger partial charge is 0.116 e. The van der Waals surface area contributed by atoms with Crippen molar-refractivity contribution in [2.75, 3.05) is 0 Å². The van der Waals surface area contributed by atoms with Gasteiger partial charge in [-0.2, -0.15) is 0 Å². The first-order valence-corrected chi connectivity index (χ1v) is 4.93. The van der Waals surface area contributed by atoms with Crippen molar-refractivity contribution in [1.82, 2.24) is 0 Å². The van der Waals surface area contributed by atoms with Crippen LogP contribution in [0, 0.1) is 0 Å². The van der Waals surface area contributed by atoms with Crippen molar-refractivity contribution in [2.45, 2.75) is 25.8 Å². The van der Waals surface area contributed by atoms with Gasteiger partial charge in [0, 0.05) is 10.0 Å². The molecule has 0 aliphatic rings. The Kier molecular flexibility index (Phi) is 2.98. The lowest BCUT2D eigenvalue weighted by atomic mass is 9.96. The highest BCUT2D eigenvalue weighted by molar-refractivity contribution is 9.10. The molecule has 0 fully saturated rings. The lowest BCUT2D eigenvalue weighted by Gasteiger charge is -2.18. The predicted octanol–water partition coefficient (Wildman–Crippen LogP) is 2.43. The van der Waals surface area contributed by atoms with E-state index in [0.717, 1.165) is 16.5 Å². The molecule has 1 rings (SSSR count). The number of phenols is 1. The summed E-state index contributed by atoms with van der Waals surface area (Å²) in [5.74, 6) is 0.272. The van der Waals surface area contributed by atoms with Crippen LogP contribution in [0.25, 0.3) is 0 Å². The molecular formula is C10H14BrNO. The zero-order valence-corrected chi connectivity index (χ0v) is 9.43. The molecule has 0 aliphatic carbocycles. The molecule has 0 aromatic heterocycles. The van der Waals surface area contributed by atoms with Crippen LogP contribution in [0.2, 0.25) is 0 Å². The van der Waals surface area contributed by atoms with Crippen molar-refractivity contribution in [3.8, 4) is 5.75 Å². The molecule has 0 unspecified atom stereocenters. The van der Waals surface area contributed by atoms with E-state index in [1.165, 1.54) is 0 Å². The van der Waals surface area contributed by atoms with Crippen molar-refractivity contribution in [3.63, 3.8) is 0 Å². The quantitative estimate of drug-likeness (QED) is 0.839. The van der Waals surface area contributed by atoms with Crippen LogP contribution in [0.4, 0.5) is 0 Å². The minimum absolute atomic E-state index is 0.243. The summed E-state index contributed by atoms with van der Waals surface area (Å²) < 4.78 is 0.881. The molecular weight excluding hydrogens is 230 g/mol. The van der Waals surface area contributed by atoms with E-state index in [-0.39, 0.29) is 11.3 Å². The summed E-state index contributed by atoms with van der Waals surface area (Å²) in [5.41, 5.74) is 6.67. The van der Waals surface area contributed by atoms with Crippen LogP contribution in [-0.2, 0) is 6.42 Å². The monoisotopic (exact) mass is 243 g/mol. The molecule has 0 saturated carbocycles. The molecule has 0 radical (unpaired) electrons. The van der Waals surface area contributed by atoms with E-state index in [2.05, 4.69) is 15.9 Å². The number of phenolic OH excluding ortho intramolecular Hbond substituents is 1. The number of hydrogen-bond donors (Lipinski definition) is 2. The van der Waals surface area contributed by atoms with Crippen molar-refractivity contribution in [1.29, 1.82) is 0 Å². The normalized spacial score (nSPS) is 11.7. The van der Waals surface area contributed by atoms with Crippen molar-refractivity contribution in [3.05, 3.63) is 28.2 Å². The Morgan fingerprint density at radius 2 is 2.00 bits per heavy atom. The molecule has 3 N–H and O–H groups in total. The molecule has 13 heavy (non-hydrogen) atoms. The van der Waals surface area contributed by atoms with Gasteiger partial charge >= 0.3 is 0 Å². The Hall–Kier alpha value is -0.540. The number of benzene rings is 1. The second kappa shape index (κ2) is 3.68. The van der Waals surface area contributed by atoms with Gasteiger partial charge in [-0.25, -0.2) is 0 Å². The highest BCUT2D eigenvalue weighted by atomic mass is 79.9. The first kappa shape index (κ1) is 10.5. The molecule has 0 aliphatic heterocycles. The van der Waals surface area contributed by atoms with E-state index >= 15 is 0 Å². The summed E-state index contributed by atoms with van der Waals surface area (Å²) in [6.07, 6.45) is 0.750. The molecule has 72 valence electrons. The Balaban J connectivity index is 2.90. The van der Waals surface area contributed by atoms with Gasteiger partial charge in [0.25, 0.3) is 0 Å². The zero-order chi connectivity index (χ0) is 10.1. The van der Waals surface area contributed by atoms with Crippen LogP contribution in [0.1, 0.15) is 19.4 Å². The van der Waals surface area contributed by atoms with Crippen molar-refractivity contribution < 1.29 is 5.11 Å². The van der Waals surface area contributed by atoms with E-state index < -0.39 is 0 Å². The van der Waals surface area contributed by atoms with Gasteiger partial charge < -0.3 is 10.8 Å². The second-order valence-electron chi connectivity index (χ2n) is 3.98. The largest absolute Gasteiger partial charge is 0.508 e. The third kappa shape index (κ3) is 3.79. The minimum atomic E-state index is -0.243. The zero-order valence-electron chi connectivity index (χ0n) is 7.84. The SMILES string of the molecule is CC(C)(N)Cc1cc(O)cc(Br)c1. The molecule has 0 atom stereocenters.